The van der Waals surface area contributed by atoms with Crippen molar-refractivity contribution in [2.75, 3.05) is 13.2 Å². The molecule has 0 atom stereocenters. The molecule has 0 aromatic heterocycles. The van der Waals surface area contributed by atoms with Gasteiger partial charge in [0.1, 0.15) is 13.2 Å². The van der Waals surface area contributed by atoms with Crippen molar-refractivity contribution in [3.05, 3.63) is 53.6 Å². The molecule has 1 aliphatic rings. The summed E-state index contributed by atoms with van der Waals surface area (Å²) in [5, 5.41) is 2.73. The summed E-state index contributed by atoms with van der Waals surface area (Å²) >= 11 is -0.213. The van der Waals surface area contributed by atoms with Crippen LogP contribution in [-0.2, 0) is 6.54 Å². The van der Waals surface area contributed by atoms with Crippen molar-refractivity contribution in [1.82, 2.24) is 5.32 Å². The number of halogens is 3. The lowest BCUT2D eigenvalue weighted by molar-refractivity contribution is -0.0328. The van der Waals surface area contributed by atoms with Crippen molar-refractivity contribution in [3.8, 4) is 11.5 Å². The minimum Gasteiger partial charge on any atom is -0.486 e. The Morgan fingerprint density at radius 3 is 2.40 bits per heavy atom. The highest BCUT2D eigenvalue weighted by atomic mass is 32.2. The molecule has 1 aliphatic heterocycles. The van der Waals surface area contributed by atoms with Crippen molar-refractivity contribution in [2.24, 2.45) is 0 Å². The zero-order valence-electron chi connectivity index (χ0n) is 12.9. The van der Waals surface area contributed by atoms with Crippen LogP contribution in [0.25, 0.3) is 0 Å². The number of fused-ring (bicyclic) bond motifs is 1. The van der Waals surface area contributed by atoms with Gasteiger partial charge in [-0.3, -0.25) is 4.79 Å². The van der Waals surface area contributed by atoms with Crippen LogP contribution in [-0.4, -0.2) is 24.6 Å². The van der Waals surface area contributed by atoms with Crippen molar-refractivity contribution < 1.29 is 27.4 Å². The molecule has 25 heavy (non-hydrogen) atoms. The van der Waals surface area contributed by atoms with E-state index >= 15 is 0 Å². The topological polar surface area (TPSA) is 47.6 Å². The molecule has 0 bridgehead atoms. The molecule has 2 aromatic rings. The molecule has 1 amide bonds. The van der Waals surface area contributed by atoms with E-state index < -0.39 is 5.51 Å². The molecule has 0 radical (unpaired) electrons. The first-order chi connectivity index (χ1) is 11.9. The fourth-order valence-electron chi connectivity index (χ4n) is 2.29. The Morgan fingerprint density at radius 1 is 1.04 bits per heavy atom. The third kappa shape index (κ3) is 4.82. The summed E-state index contributed by atoms with van der Waals surface area (Å²) in [4.78, 5) is 12.1. The molecular formula is C17H14F3NO3S. The number of carbonyl (C=O) groups is 1. The highest BCUT2D eigenvalue weighted by Crippen LogP contribution is 2.36. The van der Waals surface area contributed by atoms with E-state index in [-0.39, 0.29) is 29.1 Å². The summed E-state index contributed by atoms with van der Waals surface area (Å²) in [5.41, 5.74) is -3.21. The minimum absolute atomic E-state index is 0.0379. The smallest absolute Gasteiger partial charge is 0.446 e. The van der Waals surface area contributed by atoms with E-state index in [1.165, 1.54) is 24.3 Å². The van der Waals surface area contributed by atoms with E-state index in [2.05, 4.69) is 5.32 Å². The fraction of sp³-hybridized carbons (Fsp3) is 0.235. The molecule has 0 saturated carbocycles. The Labute approximate surface area is 146 Å². The van der Waals surface area contributed by atoms with Crippen molar-refractivity contribution >= 4 is 17.7 Å². The number of hydrogen-bond acceptors (Lipinski definition) is 4. The quantitative estimate of drug-likeness (QED) is 0.828. The molecule has 132 valence electrons. The molecule has 1 N–H and O–H groups in total. The van der Waals surface area contributed by atoms with Gasteiger partial charge in [-0.1, -0.05) is 6.07 Å². The van der Waals surface area contributed by atoms with Crippen LogP contribution < -0.4 is 14.8 Å². The number of rotatable bonds is 4. The Hall–Kier alpha value is -2.35. The Balaban J connectivity index is 1.59. The number of thioether (sulfide) groups is 1. The fourth-order valence-corrected chi connectivity index (χ4v) is 2.83. The van der Waals surface area contributed by atoms with Gasteiger partial charge in [0.15, 0.2) is 11.5 Å². The molecule has 0 unspecified atom stereocenters. The van der Waals surface area contributed by atoms with Crippen LogP contribution in [0, 0.1) is 0 Å². The largest absolute Gasteiger partial charge is 0.486 e. The maximum Gasteiger partial charge on any atom is 0.446 e. The van der Waals surface area contributed by atoms with Crippen LogP contribution >= 0.6 is 11.8 Å². The summed E-state index contributed by atoms with van der Waals surface area (Å²) in [6.07, 6.45) is 0. The molecule has 8 heteroatoms. The first-order valence-electron chi connectivity index (χ1n) is 7.43. The normalized spacial score (nSPS) is 13.4. The van der Waals surface area contributed by atoms with Gasteiger partial charge in [-0.05, 0) is 53.7 Å². The monoisotopic (exact) mass is 369 g/mol. The second kappa shape index (κ2) is 7.26. The van der Waals surface area contributed by atoms with E-state index in [1.807, 2.05) is 6.07 Å². The lowest BCUT2D eigenvalue weighted by Crippen LogP contribution is -2.23. The second-order valence-corrected chi connectivity index (χ2v) is 6.37. The van der Waals surface area contributed by atoms with Gasteiger partial charge >= 0.3 is 5.51 Å². The van der Waals surface area contributed by atoms with E-state index in [9.17, 15) is 18.0 Å². The molecule has 4 nitrogen and oxygen atoms in total. The lowest BCUT2D eigenvalue weighted by Gasteiger charge is -2.19. The number of nitrogens with one attached hydrogen (secondary N) is 1. The average Bonchev–Trinajstić information content (AvgIpc) is 2.59. The van der Waals surface area contributed by atoms with E-state index in [0.717, 1.165) is 5.56 Å². The highest BCUT2D eigenvalue weighted by molar-refractivity contribution is 8.00. The van der Waals surface area contributed by atoms with Crippen LogP contribution in [0.3, 0.4) is 0 Å². The van der Waals surface area contributed by atoms with Gasteiger partial charge in [0.05, 0.1) is 0 Å². The van der Waals surface area contributed by atoms with Crippen molar-refractivity contribution in [3.63, 3.8) is 0 Å². The first-order valence-corrected chi connectivity index (χ1v) is 8.25. The van der Waals surface area contributed by atoms with Crippen molar-refractivity contribution in [2.45, 2.75) is 16.9 Å². The number of ether oxygens (including phenoxy) is 2. The van der Waals surface area contributed by atoms with Gasteiger partial charge in [0.25, 0.3) is 5.91 Å². The van der Waals surface area contributed by atoms with Gasteiger partial charge < -0.3 is 14.8 Å². The number of amides is 1. The predicted molar refractivity (Wildman–Crippen MR) is 87.0 cm³/mol. The van der Waals surface area contributed by atoms with Gasteiger partial charge in [-0.2, -0.15) is 13.2 Å². The van der Waals surface area contributed by atoms with Gasteiger partial charge in [-0.15, -0.1) is 0 Å². The van der Waals surface area contributed by atoms with Crippen LogP contribution in [0.15, 0.2) is 47.4 Å². The maximum atomic E-state index is 12.3. The van der Waals surface area contributed by atoms with E-state index in [4.69, 9.17) is 9.47 Å². The summed E-state index contributed by atoms with van der Waals surface area (Å²) in [7, 11) is 0. The van der Waals surface area contributed by atoms with Crippen LogP contribution in [0.5, 0.6) is 11.5 Å². The number of alkyl halides is 3. The number of carbonyl (C=O) groups excluding carboxylic acids is 1. The van der Waals surface area contributed by atoms with Crippen LogP contribution in [0.4, 0.5) is 13.2 Å². The number of hydrogen-bond donors (Lipinski definition) is 1. The molecule has 0 spiro atoms. The maximum absolute atomic E-state index is 12.3. The highest BCUT2D eigenvalue weighted by Gasteiger charge is 2.29. The minimum atomic E-state index is -4.35. The molecule has 0 fully saturated rings. The third-order valence-electron chi connectivity index (χ3n) is 3.41. The predicted octanol–water partition coefficient (Wildman–Crippen LogP) is 4.00. The standard InChI is InChI=1S/C17H14F3NO3S/c18-17(19,20)25-13-4-2-12(3-5-13)16(22)21-10-11-1-6-14-15(9-11)24-8-7-23-14/h1-6,9H,7-8,10H2,(H,21,22). The third-order valence-corrected chi connectivity index (χ3v) is 4.15. The first kappa shape index (κ1) is 17.5. The van der Waals surface area contributed by atoms with Gasteiger partial charge in [0.2, 0.25) is 0 Å². The van der Waals surface area contributed by atoms with Crippen LogP contribution in [0.2, 0.25) is 0 Å². The summed E-state index contributed by atoms with van der Waals surface area (Å²) in [6.45, 7) is 1.26. The summed E-state index contributed by atoms with van der Waals surface area (Å²) in [5.74, 6) is 0.934. The second-order valence-electron chi connectivity index (χ2n) is 5.23. The summed E-state index contributed by atoms with van der Waals surface area (Å²) < 4.78 is 47.8. The van der Waals surface area contributed by atoms with Crippen LogP contribution in [0.1, 0.15) is 15.9 Å². The number of benzene rings is 2. The van der Waals surface area contributed by atoms with E-state index in [0.29, 0.717) is 30.3 Å². The van der Waals surface area contributed by atoms with Gasteiger partial charge in [0, 0.05) is 17.0 Å². The zero-order valence-corrected chi connectivity index (χ0v) is 13.7. The van der Waals surface area contributed by atoms with E-state index in [1.54, 1.807) is 12.1 Å². The molecule has 1 heterocycles. The summed E-state index contributed by atoms with van der Waals surface area (Å²) in [6, 6.07) is 10.7. The Kier molecular flexibility index (Phi) is 5.08. The van der Waals surface area contributed by atoms with Crippen molar-refractivity contribution in [1.29, 1.82) is 0 Å². The molecule has 0 saturated heterocycles. The SMILES string of the molecule is O=C(NCc1ccc2c(c1)OCCO2)c1ccc(SC(F)(F)F)cc1. The zero-order chi connectivity index (χ0) is 17.9. The Morgan fingerprint density at radius 2 is 1.72 bits per heavy atom. The van der Waals surface area contributed by atoms with Gasteiger partial charge in [-0.25, -0.2) is 0 Å². The average molecular weight is 369 g/mol. The molecule has 0 aliphatic carbocycles. The Bertz CT molecular complexity index is 763. The molecular weight excluding hydrogens is 355 g/mol. The lowest BCUT2D eigenvalue weighted by atomic mass is 10.1. The molecule has 3 rings (SSSR count). The molecule has 2 aromatic carbocycles.